The predicted octanol–water partition coefficient (Wildman–Crippen LogP) is 12.0. The van der Waals surface area contributed by atoms with Crippen molar-refractivity contribution in [2.75, 3.05) is 50.2 Å². The van der Waals surface area contributed by atoms with E-state index in [-0.39, 0.29) is 0 Å². The number of anilines is 2. The zero-order chi connectivity index (χ0) is 34.4. The maximum absolute atomic E-state index is 5.76. The summed E-state index contributed by atoms with van der Waals surface area (Å²) in [6, 6.07) is 21.9. The van der Waals surface area contributed by atoms with Crippen molar-refractivity contribution in [2.24, 2.45) is 0 Å². The van der Waals surface area contributed by atoms with Crippen LogP contribution in [-0.4, -0.2) is 40.4 Å². The second-order valence-electron chi connectivity index (χ2n) is 12.3. The Kier molecular flexibility index (Phi) is 17.9. The summed E-state index contributed by atoms with van der Waals surface area (Å²) in [4.78, 5) is 5.04. The van der Waals surface area contributed by atoms with Gasteiger partial charge in [0, 0.05) is 48.7 Å². The van der Waals surface area contributed by atoms with Crippen molar-refractivity contribution >= 4 is 35.7 Å². The summed E-state index contributed by atoms with van der Waals surface area (Å²) < 4.78 is 11.5. The fourth-order valence-corrected chi connectivity index (χ4v) is 5.59. The molecular formula is C44H60N2O2. The van der Waals surface area contributed by atoms with Gasteiger partial charge in [-0.1, -0.05) is 126 Å². The highest BCUT2D eigenvalue weighted by atomic mass is 16.5. The Morgan fingerprint density at radius 1 is 0.458 bits per heavy atom. The summed E-state index contributed by atoms with van der Waals surface area (Å²) in [5, 5.41) is 0. The van der Waals surface area contributed by atoms with Crippen LogP contribution in [0.4, 0.5) is 11.4 Å². The van der Waals surface area contributed by atoms with Crippen molar-refractivity contribution in [2.45, 2.75) is 79.1 Å². The Hall–Kier alpha value is -4.18. The molecule has 0 fully saturated rings. The van der Waals surface area contributed by atoms with Gasteiger partial charge in [-0.2, -0.15) is 0 Å². The van der Waals surface area contributed by atoms with E-state index in [0.29, 0.717) is 0 Å². The first-order valence-electron chi connectivity index (χ1n) is 18.2. The zero-order valence-electron chi connectivity index (χ0n) is 30.6. The van der Waals surface area contributed by atoms with E-state index >= 15 is 0 Å². The Morgan fingerprint density at radius 2 is 0.771 bits per heavy atom. The van der Waals surface area contributed by atoms with E-state index in [0.717, 1.165) is 48.8 Å². The SMILES string of the molecule is CCCCN(CCCC)c1ccc(C=CC=Cc2cc(OC)c(C=CC=Cc3ccc(N(CCCC)CCCC)cc3)cc2OC)cc1. The third-order valence-electron chi connectivity index (χ3n) is 8.58. The highest BCUT2D eigenvalue weighted by Gasteiger charge is 2.09. The van der Waals surface area contributed by atoms with Crippen LogP contribution < -0.4 is 19.3 Å². The Labute approximate surface area is 292 Å². The molecule has 0 saturated heterocycles. The zero-order valence-corrected chi connectivity index (χ0v) is 30.6. The molecule has 0 aliphatic heterocycles. The molecule has 0 atom stereocenters. The van der Waals surface area contributed by atoms with Crippen LogP contribution in [0.15, 0.2) is 85.0 Å². The van der Waals surface area contributed by atoms with E-state index < -0.39 is 0 Å². The third kappa shape index (κ3) is 12.8. The summed E-state index contributed by atoms with van der Waals surface area (Å²) in [7, 11) is 3.42. The number of rotatable bonds is 22. The third-order valence-corrected chi connectivity index (χ3v) is 8.58. The fraction of sp³-hybridized carbons (Fsp3) is 0.409. The van der Waals surface area contributed by atoms with Gasteiger partial charge in [0.2, 0.25) is 0 Å². The lowest BCUT2D eigenvalue weighted by atomic mass is 10.1. The van der Waals surface area contributed by atoms with Crippen molar-refractivity contribution < 1.29 is 9.47 Å². The number of benzene rings is 3. The van der Waals surface area contributed by atoms with Gasteiger partial charge < -0.3 is 19.3 Å². The monoisotopic (exact) mass is 648 g/mol. The minimum atomic E-state index is 0.805. The van der Waals surface area contributed by atoms with Crippen molar-refractivity contribution in [1.29, 1.82) is 0 Å². The van der Waals surface area contributed by atoms with Crippen molar-refractivity contribution in [3.05, 3.63) is 107 Å². The molecular weight excluding hydrogens is 588 g/mol. The van der Waals surface area contributed by atoms with Gasteiger partial charge in [-0.05, 0) is 73.2 Å². The fourth-order valence-electron chi connectivity index (χ4n) is 5.59. The summed E-state index contributed by atoms with van der Waals surface area (Å²) in [5.74, 6) is 1.61. The smallest absolute Gasteiger partial charge is 0.126 e. The molecule has 0 aliphatic carbocycles. The van der Waals surface area contributed by atoms with Gasteiger partial charge in [0.25, 0.3) is 0 Å². The van der Waals surface area contributed by atoms with Crippen LogP contribution in [-0.2, 0) is 0 Å². The summed E-state index contributed by atoms with van der Waals surface area (Å²) in [6.07, 6.45) is 26.4. The molecule has 0 amide bonds. The summed E-state index contributed by atoms with van der Waals surface area (Å²) in [6.45, 7) is 13.5. The minimum absolute atomic E-state index is 0.805. The maximum Gasteiger partial charge on any atom is 0.126 e. The highest BCUT2D eigenvalue weighted by molar-refractivity contribution is 5.70. The van der Waals surface area contributed by atoms with Crippen LogP contribution >= 0.6 is 0 Å². The molecule has 0 spiro atoms. The predicted molar refractivity (Wildman–Crippen MR) is 213 cm³/mol. The molecule has 0 saturated carbocycles. The van der Waals surface area contributed by atoms with Crippen LogP contribution in [0.2, 0.25) is 0 Å². The molecule has 0 unspecified atom stereocenters. The molecule has 4 nitrogen and oxygen atoms in total. The van der Waals surface area contributed by atoms with E-state index in [1.807, 2.05) is 12.1 Å². The molecule has 0 aliphatic rings. The van der Waals surface area contributed by atoms with Gasteiger partial charge in [0.05, 0.1) is 14.2 Å². The van der Waals surface area contributed by atoms with Gasteiger partial charge in [-0.25, -0.2) is 0 Å². The number of ether oxygens (including phenoxy) is 2. The molecule has 3 aromatic carbocycles. The first kappa shape index (κ1) is 38.3. The highest BCUT2D eigenvalue weighted by Crippen LogP contribution is 2.31. The summed E-state index contributed by atoms with van der Waals surface area (Å²) >= 11 is 0. The van der Waals surface area contributed by atoms with Crippen LogP contribution in [0.1, 0.15) is 101 Å². The first-order chi connectivity index (χ1) is 23.6. The van der Waals surface area contributed by atoms with Gasteiger partial charge in [-0.3, -0.25) is 0 Å². The average molecular weight is 649 g/mol. The van der Waals surface area contributed by atoms with E-state index in [4.69, 9.17) is 9.47 Å². The van der Waals surface area contributed by atoms with E-state index in [2.05, 4.69) is 135 Å². The molecule has 3 aromatic rings. The number of hydrogen-bond acceptors (Lipinski definition) is 4. The number of nitrogens with zero attached hydrogens (tertiary/aromatic N) is 2. The first-order valence-corrected chi connectivity index (χ1v) is 18.2. The second-order valence-corrected chi connectivity index (χ2v) is 12.3. The number of hydrogen-bond donors (Lipinski definition) is 0. The lowest BCUT2D eigenvalue weighted by Crippen LogP contribution is -2.25. The molecule has 0 radical (unpaired) electrons. The van der Waals surface area contributed by atoms with Crippen LogP contribution in [0, 0.1) is 0 Å². The molecule has 0 heterocycles. The van der Waals surface area contributed by atoms with Crippen LogP contribution in [0.5, 0.6) is 11.5 Å². The molecule has 0 bridgehead atoms. The largest absolute Gasteiger partial charge is 0.496 e. The molecule has 3 rings (SSSR count). The summed E-state index contributed by atoms with van der Waals surface area (Å²) in [5.41, 5.74) is 6.93. The van der Waals surface area contributed by atoms with Gasteiger partial charge >= 0.3 is 0 Å². The Balaban J connectivity index is 1.65. The maximum atomic E-state index is 5.76. The van der Waals surface area contributed by atoms with Crippen LogP contribution in [0.25, 0.3) is 24.3 Å². The lowest BCUT2D eigenvalue weighted by Gasteiger charge is -2.24. The standard InChI is InChI=1S/C44H60N2O2/c1-7-11-31-45(32-12-8-2)41-27-23-37(24-28-41)19-15-17-21-39-35-44(48-6)40(36-43(39)47-5)22-18-16-20-38-25-29-42(30-26-38)46(33-13-9-3)34-14-10-4/h15-30,35-36H,7-14,31-34H2,1-6H3. The lowest BCUT2D eigenvalue weighted by molar-refractivity contribution is 0.401. The van der Waals surface area contributed by atoms with E-state index in [1.54, 1.807) is 14.2 Å². The molecule has 258 valence electrons. The van der Waals surface area contributed by atoms with Crippen molar-refractivity contribution in [3.8, 4) is 11.5 Å². The van der Waals surface area contributed by atoms with E-state index in [1.165, 1.54) is 73.9 Å². The molecule has 4 heteroatoms. The Morgan fingerprint density at radius 3 is 1.06 bits per heavy atom. The number of methoxy groups -OCH3 is 2. The number of allylic oxidation sites excluding steroid dienone is 4. The molecule has 0 aromatic heterocycles. The van der Waals surface area contributed by atoms with E-state index in [9.17, 15) is 0 Å². The average Bonchev–Trinajstić information content (AvgIpc) is 3.12. The van der Waals surface area contributed by atoms with Crippen LogP contribution in [0.3, 0.4) is 0 Å². The van der Waals surface area contributed by atoms with Gasteiger partial charge in [-0.15, -0.1) is 0 Å². The van der Waals surface area contributed by atoms with Crippen molar-refractivity contribution in [3.63, 3.8) is 0 Å². The van der Waals surface area contributed by atoms with Gasteiger partial charge in [0.15, 0.2) is 0 Å². The quantitative estimate of drug-likeness (QED) is 0.101. The molecule has 48 heavy (non-hydrogen) atoms. The van der Waals surface area contributed by atoms with Crippen molar-refractivity contribution in [1.82, 2.24) is 0 Å². The normalized spacial score (nSPS) is 11.8. The molecule has 0 N–H and O–H groups in total. The second kappa shape index (κ2) is 22.4. The Bertz CT molecular complexity index is 1310. The topological polar surface area (TPSA) is 24.9 Å². The minimum Gasteiger partial charge on any atom is -0.496 e. The number of unbranched alkanes of at least 4 members (excludes halogenated alkanes) is 4. The van der Waals surface area contributed by atoms with Gasteiger partial charge in [0.1, 0.15) is 11.5 Å².